The van der Waals surface area contributed by atoms with E-state index in [9.17, 15) is 4.79 Å². The van der Waals surface area contributed by atoms with Gasteiger partial charge in [-0.05, 0) is 43.4 Å². The summed E-state index contributed by atoms with van der Waals surface area (Å²) in [6, 6.07) is 8.49. The van der Waals surface area contributed by atoms with E-state index in [1.807, 2.05) is 32.6 Å². The Morgan fingerprint density at radius 1 is 1.23 bits per heavy atom. The summed E-state index contributed by atoms with van der Waals surface area (Å²) in [5, 5.41) is 7.00. The second-order valence-electron chi connectivity index (χ2n) is 7.97. The molecular weight excluding hydrogens is 382 g/mol. The molecule has 1 saturated heterocycles. The second-order valence-corrected chi connectivity index (χ2v) is 7.97. The van der Waals surface area contributed by atoms with E-state index in [2.05, 4.69) is 55.9 Å². The minimum atomic E-state index is 0. The van der Waals surface area contributed by atoms with Crippen molar-refractivity contribution in [2.24, 2.45) is 17.8 Å². The van der Waals surface area contributed by atoms with Crippen LogP contribution < -0.4 is 0 Å². The Morgan fingerprint density at radius 2 is 1.84 bits per heavy atom. The van der Waals surface area contributed by atoms with Gasteiger partial charge in [0.1, 0.15) is 0 Å². The third kappa shape index (κ3) is 10.1. The fourth-order valence-electron chi connectivity index (χ4n) is 3.34. The molecule has 3 heteroatoms. The molecule has 1 N–H and O–H groups in total. The van der Waals surface area contributed by atoms with Gasteiger partial charge < -0.3 is 10.0 Å². The number of hydrogen-bond donors (Lipinski definition) is 1. The quantitative estimate of drug-likeness (QED) is 0.620. The molecule has 0 aromatic heterocycles. The first-order chi connectivity index (χ1) is 15.0. The Kier molecular flexibility index (Phi) is 15.3. The zero-order valence-corrected chi connectivity index (χ0v) is 20.7. The summed E-state index contributed by atoms with van der Waals surface area (Å²) in [5.41, 5.74) is 2.28. The Hall–Kier alpha value is -2.23. The van der Waals surface area contributed by atoms with E-state index in [0.29, 0.717) is 5.92 Å². The van der Waals surface area contributed by atoms with Gasteiger partial charge in [0.2, 0.25) is 5.91 Å². The molecule has 2 unspecified atom stereocenters. The van der Waals surface area contributed by atoms with Crippen molar-refractivity contribution in [2.45, 2.75) is 79.7 Å². The van der Waals surface area contributed by atoms with Crippen molar-refractivity contribution in [3.05, 3.63) is 35.4 Å². The van der Waals surface area contributed by atoms with Crippen LogP contribution in [0.5, 0.6) is 0 Å². The summed E-state index contributed by atoms with van der Waals surface area (Å²) < 4.78 is 0. The van der Waals surface area contributed by atoms with Crippen molar-refractivity contribution < 1.29 is 11.3 Å². The lowest BCUT2D eigenvalue weighted by molar-refractivity contribution is -0.135. The van der Waals surface area contributed by atoms with E-state index in [4.69, 9.17) is 11.5 Å². The maximum absolute atomic E-state index is 12.5. The standard InChI is InChI=1S/C22H25NO.C3H8.C2H6.CH4O.H2/c1-4-20-12-13-23(22(24)16(2)3)21(20)15-19-7-5-6-18(14-19)11-10-17-8-9-17;1-3-2;2*1-2;/h1,5-7,14,16-17,20-21H,8-9,12-13,15H2,2-3H3;3H2,1-2H3;1-2H3;2H,1H3;1H. The number of rotatable bonds is 3. The Bertz CT molecular complexity index is 738. The highest BCUT2D eigenvalue weighted by molar-refractivity contribution is 5.79. The first-order valence-corrected chi connectivity index (χ1v) is 11.8. The SMILES string of the molecule is C#CC1CCN(C(=O)C(C)C)C1Cc1cccc(C#CC2CC2)c1.CC.CCC.CO.[HH]. The number of hydrogen-bond acceptors (Lipinski definition) is 2. The predicted octanol–water partition coefficient (Wildman–Crippen LogP) is 5.79. The molecule has 1 aliphatic carbocycles. The van der Waals surface area contributed by atoms with Crippen LogP contribution in [0.3, 0.4) is 0 Å². The number of amides is 1. The molecule has 3 rings (SSSR count). The van der Waals surface area contributed by atoms with Gasteiger partial charge in [-0.25, -0.2) is 0 Å². The van der Waals surface area contributed by atoms with Crippen molar-refractivity contribution in [3.8, 4) is 24.2 Å². The van der Waals surface area contributed by atoms with Crippen LogP contribution in [0.25, 0.3) is 0 Å². The van der Waals surface area contributed by atoms with Crippen molar-refractivity contribution >= 4 is 5.91 Å². The fourth-order valence-corrected chi connectivity index (χ4v) is 3.34. The number of nitrogens with zero attached hydrogens (tertiary/aromatic N) is 1. The van der Waals surface area contributed by atoms with E-state index in [-0.39, 0.29) is 25.2 Å². The maximum atomic E-state index is 12.5. The van der Waals surface area contributed by atoms with Crippen LogP contribution >= 0.6 is 0 Å². The van der Waals surface area contributed by atoms with E-state index in [1.165, 1.54) is 24.8 Å². The molecule has 31 heavy (non-hydrogen) atoms. The Balaban J connectivity index is 0. The van der Waals surface area contributed by atoms with Gasteiger partial charge >= 0.3 is 0 Å². The minimum Gasteiger partial charge on any atom is -0.400 e. The van der Waals surface area contributed by atoms with E-state index >= 15 is 0 Å². The third-order valence-corrected chi connectivity index (χ3v) is 4.91. The normalized spacial score (nSPS) is 18.6. The predicted molar refractivity (Wildman–Crippen MR) is 135 cm³/mol. The summed E-state index contributed by atoms with van der Waals surface area (Å²) in [5.74, 6) is 10.5. The molecular formula is C28H45NO2. The number of carbonyl (C=O) groups excluding carboxylic acids is 1. The molecule has 0 spiro atoms. The molecule has 1 heterocycles. The number of terminal acetylenes is 1. The number of aliphatic hydroxyl groups is 1. The minimum absolute atomic E-state index is 0. The molecule has 0 radical (unpaired) electrons. The average Bonchev–Trinajstić information content (AvgIpc) is 3.54. The van der Waals surface area contributed by atoms with E-state index in [1.54, 1.807) is 0 Å². The molecule has 174 valence electrons. The number of benzene rings is 1. The third-order valence-electron chi connectivity index (χ3n) is 4.91. The summed E-state index contributed by atoms with van der Waals surface area (Å²) in [6.45, 7) is 12.9. The fraction of sp³-hybridized carbons (Fsp3) is 0.607. The zero-order chi connectivity index (χ0) is 23.8. The van der Waals surface area contributed by atoms with Gasteiger partial charge in [-0.15, -0.1) is 12.3 Å². The topological polar surface area (TPSA) is 40.5 Å². The number of likely N-dealkylation sites (tertiary alicyclic amines) is 1. The number of carbonyl (C=O) groups is 1. The highest BCUT2D eigenvalue weighted by Crippen LogP contribution is 2.29. The Morgan fingerprint density at radius 3 is 2.35 bits per heavy atom. The lowest BCUT2D eigenvalue weighted by Crippen LogP contribution is -2.41. The highest BCUT2D eigenvalue weighted by Gasteiger charge is 2.36. The smallest absolute Gasteiger partial charge is 0.225 e. The van der Waals surface area contributed by atoms with E-state index in [0.717, 1.165) is 32.1 Å². The average molecular weight is 428 g/mol. The highest BCUT2D eigenvalue weighted by atomic mass is 16.2. The van der Waals surface area contributed by atoms with E-state index < -0.39 is 0 Å². The largest absolute Gasteiger partial charge is 0.400 e. The monoisotopic (exact) mass is 427 g/mol. The second kappa shape index (κ2) is 16.5. The van der Waals surface area contributed by atoms with Gasteiger partial charge in [-0.1, -0.05) is 71.9 Å². The van der Waals surface area contributed by atoms with Gasteiger partial charge in [-0.2, -0.15) is 0 Å². The van der Waals surface area contributed by atoms with Gasteiger partial charge in [0, 0.05) is 44.4 Å². The van der Waals surface area contributed by atoms with Gasteiger partial charge in [0.15, 0.2) is 0 Å². The molecule has 1 saturated carbocycles. The molecule has 0 bridgehead atoms. The van der Waals surface area contributed by atoms with Gasteiger partial charge in [-0.3, -0.25) is 4.79 Å². The molecule has 1 aromatic rings. The van der Waals surface area contributed by atoms with Crippen LogP contribution in [0.2, 0.25) is 0 Å². The summed E-state index contributed by atoms with van der Waals surface area (Å²) in [6.07, 6.45) is 11.2. The first-order valence-electron chi connectivity index (χ1n) is 11.8. The van der Waals surface area contributed by atoms with Gasteiger partial charge in [0.25, 0.3) is 0 Å². The molecule has 2 atom stereocenters. The molecule has 2 aliphatic rings. The van der Waals surface area contributed by atoms with Gasteiger partial charge in [0.05, 0.1) is 0 Å². The molecule has 3 nitrogen and oxygen atoms in total. The summed E-state index contributed by atoms with van der Waals surface area (Å²) >= 11 is 0. The zero-order valence-electron chi connectivity index (χ0n) is 20.7. The van der Waals surface area contributed by atoms with Crippen molar-refractivity contribution in [1.29, 1.82) is 0 Å². The molecule has 1 amide bonds. The number of aliphatic hydroxyl groups excluding tert-OH is 1. The van der Waals surface area contributed by atoms with Crippen LogP contribution in [-0.4, -0.2) is 35.6 Å². The van der Waals surface area contributed by atoms with Crippen LogP contribution in [0.4, 0.5) is 0 Å². The maximum Gasteiger partial charge on any atom is 0.225 e. The lowest BCUT2D eigenvalue weighted by atomic mass is 9.93. The molecule has 1 aromatic carbocycles. The van der Waals surface area contributed by atoms with Crippen LogP contribution in [0.15, 0.2) is 24.3 Å². The van der Waals surface area contributed by atoms with Crippen molar-refractivity contribution in [2.75, 3.05) is 13.7 Å². The first kappa shape index (κ1) is 28.8. The lowest BCUT2D eigenvalue weighted by Gasteiger charge is -2.28. The molecule has 1 aliphatic heterocycles. The van der Waals surface area contributed by atoms with Crippen molar-refractivity contribution in [3.63, 3.8) is 0 Å². The van der Waals surface area contributed by atoms with Crippen LogP contribution in [0, 0.1) is 41.9 Å². The molecule has 2 fully saturated rings. The summed E-state index contributed by atoms with van der Waals surface area (Å²) in [7, 11) is 1.00. The van der Waals surface area contributed by atoms with Crippen LogP contribution in [0.1, 0.15) is 79.8 Å². The summed E-state index contributed by atoms with van der Waals surface area (Å²) in [4.78, 5) is 14.5. The van der Waals surface area contributed by atoms with Crippen LogP contribution in [-0.2, 0) is 11.2 Å². The van der Waals surface area contributed by atoms with Crippen molar-refractivity contribution in [1.82, 2.24) is 4.90 Å². The Labute approximate surface area is 193 Å².